The lowest BCUT2D eigenvalue weighted by atomic mass is 10.1. The first kappa shape index (κ1) is 28.5. The fourth-order valence-electron chi connectivity index (χ4n) is 3.58. The Balaban J connectivity index is 1.61. The number of urea groups is 1. The quantitative estimate of drug-likeness (QED) is 0.221. The van der Waals surface area contributed by atoms with Gasteiger partial charge in [0.05, 0.1) is 16.7 Å². The molecular formula is C26H31N5O6S. The largest absolute Gasteiger partial charge is 0.480 e. The Hall–Kier alpha value is -4.03. The Morgan fingerprint density at radius 3 is 2.61 bits per heavy atom. The first-order valence-corrected chi connectivity index (χ1v) is 13.8. The fourth-order valence-corrected chi connectivity index (χ4v) is 4.98. The highest BCUT2D eigenvalue weighted by atomic mass is 32.2. The van der Waals surface area contributed by atoms with Gasteiger partial charge in [-0.1, -0.05) is 61.9 Å². The average molecular weight is 542 g/mol. The summed E-state index contributed by atoms with van der Waals surface area (Å²) < 4.78 is 26.5. The molecule has 202 valence electrons. The van der Waals surface area contributed by atoms with Crippen molar-refractivity contribution in [3.05, 3.63) is 81.9 Å². The number of carbonyl (C=O) groups is 2. The number of fused-ring (bicyclic) bond motifs is 1. The lowest BCUT2D eigenvalue weighted by Crippen LogP contribution is -2.43. The van der Waals surface area contributed by atoms with Crippen LogP contribution >= 0.6 is 0 Å². The van der Waals surface area contributed by atoms with Crippen molar-refractivity contribution in [3.8, 4) is 0 Å². The van der Waals surface area contributed by atoms with Gasteiger partial charge in [-0.2, -0.15) is 0 Å². The molecule has 0 radical (unpaired) electrons. The normalized spacial score (nSPS) is 12.4. The molecule has 0 aliphatic rings. The highest BCUT2D eigenvalue weighted by Crippen LogP contribution is 2.13. The predicted molar refractivity (Wildman–Crippen MR) is 145 cm³/mol. The molecule has 3 rings (SSSR count). The van der Waals surface area contributed by atoms with E-state index in [-0.39, 0.29) is 30.6 Å². The van der Waals surface area contributed by atoms with E-state index in [1.807, 2.05) is 37.3 Å². The van der Waals surface area contributed by atoms with Crippen LogP contribution in [0.4, 0.5) is 4.79 Å². The third kappa shape index (κ3) is 8.82. The summed E-state index contributed by atoms with van der Waals surface area (Å²) >= 11 is 0. The van der Waals surface area contributed by atoms with Gasteiger partial charge in [-0.15, -0.1) is 0 Å². The van der Waals surface area contributed by atoms with Crippen LogP contribution in [-0.2, 0) is 27.8 Å². The van der Waals surface area contributed by atoms with Crippen LogP contribution in [0.2, 0.25) is 0 Å². The van der Waals surface area contributed by atoms with E-state index < -0.39 is 27.6 Å². The number of nitrogens with zero attached hydrogens (tertiary/aromatic N) is 1. The number of sulfonamides is 1. The Labute approximate surface area is 220 Å². The van der Waals surface area contributed by atoms with Crippen molar-refractivity contribution >= 4 is 39.0 Å². The van der Waals surface area contributed by atoms with Crippen molar-refractivity contribution in [2.75, 3.05) is 12.3 Å². The third-order valence-electron chi connectivity index (χ3n) is 5.55. The van der Waals surface area contributed by atoms with Crippen LogP contribution in [0.5, 0.6) is 0 Å². The van der Waals surface area contributed by atoms with E-state index in [0.717, 1.165) is 5.56 Å². The number of hydrogen-bond acceptors (Lipinski definition) is 6. The number of carbonyl (C=O) groups excluding carboxylic acids is 1. The van der Waals surface area contributed by atoms with Crippen LogP contribution in [0.3, 0.4) is 0 Å². The van der Waals surface area contributed by atoms with Crippen molar-refractivity contribution in [3.63, 3.8) is 0 Å². The van der Waals surface area contributed by atoms with Gasteiger partial charge in [0, 0.05) is 19.5 Å². The second-order valence-electron chi connectivity index (χ2n) is 8.63. The van der Waals surface area contributed by atoms with E-state index in [1.54, 1.807) is 30.4 Å². The summed E-state index contributed by atoms with van der Waals surface area (Å²) in [5.41, 5.74) is 1.56. The second kappa shape index (κ2) is 13.5. The minimum atomic E-state index is -3.79. The van der Waals surface area contributed by atoms with E-state index in [0.29, 0.717) is 35.9 Å². The summed E-state index contributed by atoms with van der Waals surface area (Å²) in [6.07, 6.45) is 4.22. The summed E-state index contributed by atoms with van der Waals surface area (Å²) in [6.45, 7) is 2.52. The molecule has 3 aromatic rings. The first-order chi connectivity index (χ1) is 18.2. The molecule has 12 heteroatoms. The SMILES string of the molecule is CCCCS(=O)(=O)N[C@@H](Cc1nc2ccc(/C=C/CNC(=O)NCc3ccccc3)cc2c(=O)[nH]1)C(=O)O. The van der Waals surface area contributed by atoms with Crippen molar-refractivity contribution in [1.29, 1.82) is 0 Å². The smallest absolute Gasteiger partial charge is 0.322 e. The van der Waals surface area contributed by atoms with Gasteiger partial charge in [0.2, 0.25) is 10.0 Å². The number of hydrogen-bond donors (Lipinski definition) is 5. The molecule has 0 unspecified atom stereocenters. The molecule has 1 heterocycles. The number of aromatic nitrogens is 2. The molecule has 1 atom stereocenters. The van der Waals surface area contributed by atoms with Crippen LogP contribution in [0.25, 0.3) is 17.0 Å². The maximum Gasteiger partial charge on any atom is 0.322 e. The molecule has 0 saturated heterocycles. The molecular weight excluding hydrogens is 510 g/mol. The van der Waals surface area contributed by atoms with Crippen LogP contribution < -0.4 is 20.9 Å². The topological polar surface area (TPSA) is 170 Å². The van der Waals surface area contributed by atoms with E-state index in [1.165, 1.54) is 0 Å². The highest BCUT2D eigenvalue weighted by Gasteiger charge is 2.25. The number of aliphatic carboxylic acids is 1. The maximum atomic E-state index is 12.7. The zero-order valence-corrected chi connectivity index (χ0v) is 21.8. The van der Waals surface area contributed by atoms with Crippen molar-refractivity contribution in [2.45, 2.75) is 38.8 Å². The maximum absolute atomic E-state index is 12.7. The van der Waals surface area contributed by atoms with Gasteiger partial charge in [0.25, 0.3) is 5.56 Å². The molecule has 2 amide bonds. The zero-order chi connectivity index (χ0) is 27.5. The van der Waals surface area contributed by atoms with E-state index in [4.69, 9.17) is 0 Å². The van der Waals surface area contributed by atoms with Gasteiger partial charge < -0.3 is 20.7 Å². The Morgan fingerprint density at radius 2 is 1.89 bits per heavy atom. The minimum absolute atomic E-state index is 0.0575. The highest BCUT2D eigenvalue weighted by molar-refractivity contribution is 7.89. The standard InChI is InChI=1S/C26H31N5O6S/c1-2-3-14-38(36,37)31-22(25(33)34)16-23-29-21-12-11-18(15-20(21)24(32)30-23)10-7-13-27-26(35)28-17-19-8-5-4-6-9-19/h4-12,15,22,31H,2-3,13-14,16-17H2,1H3,(H,33,34)(H2,27,28,35)(H,29,30,32)/b10-7+/t22-/m0/s1. The lowest BCUT2D eigenvalue weighted by Gasteiger charge is -2.14. The van der Waals surface area contributed by atoms with Crippen molar-refractivity contribution in [1.82, 2.24) is 25.3 Å². The molecule has 2 aromatic carbocycles. The molecule has 0 aliphatic carbocycles. The van der Waals surface area contributed by atoms with Gasteiger partial charge >= 0.3 is 12.0 Å². The van der Waals surface area contributed by atoms with E-state index >= 15 is 0 Å². The monoisotopic (exact) mass is 541 g/mol. The predicted octanol–water partition coefficient (Wildman–Crippen LogP) is 2.15. The summed E-state index contributed by atoms with van der Waals surface area (Å²) in [5, 5.41) is 15.3. The first-order valence-electron chi connectivity index (χ1n) is 12.1. The summed E-state index contributed by atoms with van der Waals surface area (Å²) in [6, 6.07) is 12.7. The molecule has 0 aliphatic heterocycles. The van der Waals surface area contributed by atoms with Gasteiger partial charge in [0.1, 0.15) is 11.9 Å². The Morgan fingerprint density at radius 1 is 1.13 bits per heavy atom. The van der Waals surface area contributed by atoms with Crippen LogP contribution in [0.1, 0.15) is 36.7 Å². The van der Waals surface area contributed by atoms with Gasteiger partial charge in [-0.25, -0.2) is 22.9 Å². The van der Waals surface area contributed by atoms with Crippen LogP contribution in [-0.4, -0.2) is 53.8 Å². The van der Waals surface area contributed by atoms with E-state index in [9.17, 15) is 27.9 Å². The second-order valence-corrected chi connectivity index (χ2v) is 10.5. The number of nitrogens with one attached hydrogen (secondary N) is 4. The Kier molecular flexibility index (Phi) is 10.1. The molecule has 5 N–H and O–H groups in total. The number of benzene rings is 2. The summed E-state index contributed by atoms with van der Waals surface area (Å²) in [5.74, 6) is -1.49. The van der Waals surface area contributed by atoms with E-state index in [2.05, 4.69) is 25.3 Å². The zero-order valence-electron chi connectivity index (χ0n) is 20.9. The van der Waals surface area contributed by atoms with Gasteiger partial charge in [0.15, 0.2) is 0 Å². The van der Waals surface area contributed by atoms with Crippen LogP contribution in [0, 0.1) is 0 Å². The van der Waals surface area contributed by atoms with Crippen LogP contribution in [0.15, 0.2) is 59.4 Å². The molecule has 1 aromatic heterocycles. The molecule has 0 saturated carbocycles. The van der Waals surface area contributed by atoms with Crippen molar-refractivity contribution in [2.24, 2.45) is 0 Å². The van der Waals surface area contributed by atoms with Gasteiger partial charge in [-0.05, 0) is 29.7 Å². The molecule has 0 spiro atoms. The number of carboxylic acids is 1. The number of aromatic amines is 1. The molecule has 38 heavy (non-hydrogen) atoms. The summed E-state index contributed by atoms with van der Waals surface area (Å²) in [4.78, 5) is 43.1. The number of carboxylic acid groups (broad SMARTS) is 1. The molecule has 11 nitrogen and oxygen atoms in total. The number of unbranched alkanes of at least 4 members (excludes halogenated alkanes) is 1. The summed E-state index contributed by atoms with van der Waals surface area (Å²) in [7, 11) is -3.79. The fraction of sp³-hybridized carbons (Fsp3) is 0.308. The third-order valence-corrected chi connectivity index (χ3v) is 7.02. The Bertz CT molecular complexity index is 1450. The van der Waals surface area contributed by atoms with Gasteiger partial charge in [-0.3, -0.25) is 9.59 Å². The number of rotatable bonds is 13. The number of H-pyrrole nitrogens is 1. The molecule has 0 fully saturated rings. The molecule has 0 bridgehead atoms. The average Bonchev–Trinajstić information content (AvgIpc) is 2.89. The van der Waals surface area contributed by atoms with Crippen molar-refractivity contribution < 1.29 is 23.1 Å². The number of amides is 2. The lowest BCUT2D eigenvalue weighted by molar-refractivity contribution is -0.139. The minimum Gasteiger partial charge on any atom is -0.480 e.